The van der Waals surface area contributed by atoms with Crippen LogP contribution in [0.4, 0.5) is 9.52 Å². The highest BCUT2D eigenvalue weighted by molar-refractivity contribution is 7.15. The molecule has 2 aromatic heterocycles. The number of anilines is 1. The maximum Gasteiger partial charge on any atom is 0.268 e. The molecule has 32 heavy (non-hydrogen) atoms. The van der Waals surface area contributed by atoms with Crippen molar-refractivity contribution in [2.24, 2.45) is 0 Å². The molecule has 0 saturated heterocycles. The Hall–Kier alpha value is -3.73. The highest BCUT2D eigenvalue weighted by Crippen LogP contribution is 2.26. The van der Waals surface area contributed by atoms with E-state index in [4.69, 9.17) is 16.0 Å². The van der Waals surface area contributed by atoms with Gasteiger partial charge in [-0.05, 0) is 48.0 Å². The normalized spacial score (nSPS) is 11.2. The van der Waals surface area contributed by atoms with Crippen LogP contribution >= 0.6 is 22.9 Å². The largest absolute Gasteiger partial charge is 0.457 e. The summed E-state index contributed by atoms with van der Waals surface area (Å²) in [7, 11) is 0. The van der Waals surface area contributed by atoms with E-state index in [1.807, 2.05) is 30.3 Å². The summed E-state index contributed by atoms with van der Waals surface area (Å²) in [5, 5.41) is 13.1. The van der Waals surface area contributed by atoms with E-state index >= 15 is 0 Å². The molecule has 4 aromatic rings. The number of amides is 1. The van der Waals surface area contributed by atoms with Crippen LogP contribution in [0.3, 0.4) is 0 Å². The van der Waals surface area contributed by atoms with Crippen molar-refractivity contribution in [3.05, 3.63) is 99.5 Å². The maximum absolute atomic E-state index is 13.1. The number of halogens is 2. The van der Waals surface area contributed by atoms with Gasteiger partial charge in [0.25, 0.3) is 5.91 Å². The van der Waals surface area contributed by atoms with Crippen LogP contribution in [0.2, 0.25) is 5.02 Å². The molecule has 0 saturated carbocycles. The predicted octanol–water partition coefficient (Wildman–Crippen LogP) is 6.33. The first-order chi connectivity index (χ1) is 15.5. The molecule has 5 nitrogen and oxygen atoms in total. The van der Waals surface area contributed by atoms with Crippen LogP contribution in [-0.4, -0.2) is 10.9 Å². The highest BCUT2D eigenvalue weighted by Gasteiger charge is 2.14. The van der Waals surface area contributed by atoms with Gasteiger partial charge in [0.05, 0.1) is 0 Å². The second-order valence-corrected chi connectivity index (χ2v) is 8.26. The molecule has 158 valence electrons. The van der Waals surface area contributed by atoms with Gasteiger partial charge in [-0.15, -0.1) is 11.3 Å². The van der Waals surface area contributed by atoms with Crippen molar-refractivity contribution in [1.82, 2.24) is 4.98 Å². The number of nitrogens with zero attached hydrogens (tertiary/aromatic N) is 2. The Labute approximate surface area is 192 Å². The molecule has 2 aromatic carbocycles. The third-order valence-corrected chi connectivity index (χ3v) is 5.79. The Bertz CT molecular complexity index is 1340. The fourth-order valence-electron chi connectivity index (χ4n) is 2.93. The number of hydrogen-bond acceptors (Lipinski definition) is 5. The summed E-state index contributed by atoms with van der Waals surface area (Å²) >= 11 is 7.50. The first kappa shape index (κ1) is 21.5. The molecule has 4 rings (SSSR count). The monoisotopic (exact) mass is 463 g/mol. The smallest absolute Gasteiger partial charge is 0.268 e. The van der Waals surface area contributed by atoms with Crippen molar-refractivity contribution in [3.8, 4) is 17.4 Å². The van der Waals surface area contributed by atoms with Crippen molar-refractivity contribution in [2.75, 3.05) is 5.32 Å². The minimum absolute atomic E-state index is 0.132. The van der Waals surface area contributed by atoms with E-state index in [-0.39, 0.29) is 11.4 Å². The van der Waals surface area contributed by atoms with Crippen molar-refractivity contribution in [2.45, 2.75) is 6.42 Å². The summed E-state index contributed by atoms with van der Waals surface area (Å²) in [5.41, 5.74) is 1.51. The molecule has 2 heterocycles. The molecule has 0 radical (unpaired) electrons. The molecule has 0 aliphatic rings. The second kappa shape index (κ2) is 9.60. The SMILES string of the molecule is N#C/C(=C\c1ccc(-c2ccc(F)cc2)o1)C(=O)Nc1ncc(Cc2ccccc2Cl)s1. The Balaban J connectivity index is 1.45. The molecule has 0 aliphatic heterocycles. The van der Waals surface area contributed by atoms with E-state index in [1.54, 1.807) is 30.5 Å². The van der Waals surface area contributed by atoms with Crippen molar-refractivity contribution in [1.29, 1.82) is 5.26 Å². The number of carbonyl (C=O) groups is 1. The zero-order chi connectivity index (χ0) is 22.5. The molecule has 0 bridgehead atoms. The molecule has 0 aliphatic carbocycles. The van der Waals surface area contributed by atoms with Gasteiger partial charge in [-0.1, -0.05) is 29.8 Å². The lowest BCUT2D eigenvalue weighted by atomic mass is 10.1. The van der Waals surface area contributed by atoms with Gasteiger partial charge in [0.1, 0.15) is 29.0 Å². The molecule has 1 amide bonds. The molecule has 0 fully saturated rings. The third kappa shape index (κ3) is 5.11. The van der Waals surface area contributed by atoms with Crippen molar-refractivity contribution < 1.29 is 13.6 Å². The number of furan rings is 1. The zero-order valence-electron chi connectivity index (χ0n) is 16.5. The van der Waals surface area contributed by atoms with Gasteiger partial charge in [-0.3, -0.25) is 10.1 Å². The molecular formula is C24H15ClFN3O2S. The number of hydrogen-bond donors (Lipinski definition) is 1. The average Bonchev–Trinajstić information content (AvgIpc) is 3.43. The van der Waals surface area contributed by atoms with Gasteiger partial charge < -0.3 is 4.42 Å². The molecule has 1 N–H and O–H groups in total. The summed E-state index contributed by atoms with van der Waals surface area (Å²) in [6.07, 6.45) is 3.61. The van der Waals surface area contributed by atoms with Crippen molar-refractivity contribution >= 4 is 40.1 Å². The number of carbonyl (C=O) groups excluding carboxylic acids is 1. The number of aromatic nitrogens is 1. The lowest BCUT2D eigenvalue weighted by molar-refractivity contribution is -0.112. The van der Waals surface area contributed by atoms with Crippen LogP contribution in [0.15, 0.2) is 76.9 Å². The Kier molecular flexibility index (Phi) is 6.45. The van der Waals surface area contributed by atoms with Gasteiger partial charge in [0, 0.05) is 34.2 Å². The van der Waals surface area contributed by atoms with E-state index in [0.29, 0.717) is 33.7 Å². The van der Waals surface area contributed by atoms with Crippen LogP contribution in [-0.2, 0) is 11.2 Å². The quantitative estimate of drug-likeness (QED) is 0.267. The van der Waals surface area contributed by atoms with Gasteiger partial charge in [0.15, 0.2) is 5.13 Å². The molecule has 0 unspecified atom stereocenters. The Morgan fingerprint density at radius 3 is 2.72 bits per heavy atom. The average molecular weight is 464 g/mol. The van der Waals surface area contributed by atoms with Crippen molar-refractivity contribution in [3.63, 3.8) is 0 Å². The van der Waals surface area contributed by atoms with E-state index < -0.39 is 5.91 Å². The fraction of sp³-hybridized carbons (Fsp3) is 0.0417. The minimum atomic E-state index is -0.592. The highest BCUT2D eigenvalue weighted by atomic mass is 35.5. The Morgan fingerprint density at radius 2 is 1.97 bits per heavy atom. The van der Waals surface area contributed by atoms with Crippen LogP contribution in [0, 0.1) is 17.1 Å². The van der Waals surface area contributed by atoms with E-state index in [1.165, 1.54) is 29.5 Å². The third-order valence-electron chi connectivity index (χ3n) is 4.50. The molecule has 0 spiro atoms. The molecule has 0 atom stereocenters. The summed E-state index contributed by atoms with van der Waals surface area (Å²) in [4.78, 5) is 17.7. The summed E-state index contributed by atoms with van der Waals surface area (Å²) in [6.45, 7) is 0. The van der Waals surface area contributed by atoms with Crippen LogP contribution in [0.1, 0.15) is 16.2 Å². The lowest BCUT2D eigenvalue weighted by Gasteiger charge is -2.01. The molecule has 8 heteroatoms. The zero-order valence-corrected chi connectivity index (χ0v) is 18.1. The number of nitriles is 1. The second-order valence-electron chi connectivity index (χ2n) is 6.73. The van der Waals surface area contributed by atoms with Gasteiger partial charge in [-0.2, -0.15) is 5.26 Å². The Morgan fingerprint density at radius 1 is 1.19 bits per heavy atom. The summed E-state index contributed by atoms with van der Waals surface area (Å²) in [5.74, 6) is -0.111. The number of thiazole rings is 1. The standard InChI is InChI=1S/C24H15ClFN3O2S/c25-21-4-2-1-3-16(21)12-20-14-28-24(32-20)29-23(30)17(13-27)11-19-9-10-22(31-19)15-5-7-18(26)8-6-15/h1-11,14H,12H2,(H,28,29,30)/b17-11+. The first-order valence-electron chi connectivity index (χ1n) is 9.49. The summed E-state index contributed by atoms with van der Waals surface area (Å²) < 4.78 is 18.8. The number of rotatable bonds is 6. The van der Waals surface area contributed by atoms with E-state index in [2.05, 4.69) is 10.3 Å². The minimum Gasteiger partial charge on any atom is -0.457 e. The molecular weight excluding hydrogens is 449 g/mol. The fourth-order valence-corrected chi connectivity index (χ4v) is 3.96. The van der Waals surface area contributed by atoms with E-state index in [9.17, 15) is 14.4 Å². The van der Waals surface area contributed by atoms with Crippen LogP contribution in [0.25, 0.3) is 17.4 Å². The van der Waals surface area contributed by atoms with Gasteiger partial charge in [-0.25, -0.2) is 9.37 Å². The maximum atomic E-state index is 13.1. The topological polar surface area (TPSA) is 78.9 Å². The first-order valence-corrected chi connectivity index (χ1v) is 10.7. The van der Waals surface area contributed by atoms with E-state index in [0.717, 1.165) is 10.4 Å². The van der Waals surface area contributed by atoms with Gasteiger partial charge in [0.2, 0.25) is 0 Å². The predicted molar refractivity (Wildman–Crippen MR) is 123 cm³/mol. The van der Waals surface area contributed by atoms with Crippen LogP contribution < -0.4 is 5.32 Å². The van der Waals surface area contributed by atoms with Crippen LogP contribution in [0.5, 0.6) is 0 Å². The lowest BCUT2D eigenvalue weighted by Crippen LogP contribution is -2.13. The number of nitrogens with one attached hydrogen (secondary N) is 1. The number of benzene rings is 2. The van der Waals surface area contributed by atoms with Gasteiger partial charge >= 0.3 is 0 Å². The summed E-state index contributed by atoms with van der Waals surface area (Å²) in [6, 6.07) is 18.6.